The molecule has 3 unspecified atom stereocenters. The molecule has 6 rings (SSSR count). The SMILES string of the molecule is Cc1ccc(C2CC(=O)C=C(O)C2)cc1.Cc1ccc(C2CC(=O)C=C(O)C2)cc1.Cc1ccc(C2CC(=O)C=C(O)C2)cc1.[Fe+3]. The maximum atomic E-state index is 11.3. The molecule has 6 nitrogen and oxygen atoms in total. The molecule has 0 bridgehead atoms. The second-order valence-corrected chi connectivity index (χ2v) is 12.4. The van der Waals surface area contributed by atoms with Gasteiger partial charge >= 0.3 is 17.1 Å². The molecule has 0 spiro atoms. The van der Waals surface area contributed by atoms with Gasteiger partial charge in [-0.1, -0.05) is 89.5 Å². The van der Waals surface area contributed by atoms with Gasteiger partial charge < -0.3 is 15.3 Å². The van der Waals surface area contributed by atoms with E-state index in [1.54, 1.807) is 0 Å². The fraction of sp³-hybridized carbons (Fsp3) is 0.308. The van der Waals surface area contributed by atoms with Gasteiger partial charge in [-0.2, -0.15) is 0 Å². The summed E-state index contributed by atoms with van der Waals surface area (Å²) >= 11 is 0. The van der Waals surface area contributed by atoms with Crippen LogP contribution < -0.4 is 0 Å². The molecule has 3 aromatic rings. The van der Waals surface area contributed by atoms with Crippen LogP contribution in [-0.2, 0) is 31.5 Å². The largest absolute Gasteiger partial charge is 3.00 e. The molecule has 0 saturated heterocycles. The molecule has 0 aliphatic heterocycles. The Kier molecular flexibility index (Phi) is 13.4. The van der Waals surface area contributed by atoms with Gasteiger partial charge in [0, 0.05) is 56.8 Å². The molecule has 239 valence electrons. The van der Waals surface area contributed by atoms with Crippen molar-refractivity contribution >= 4 is 17.3 Å². The summed E-state index contributed by atoms with van der Waals surface area (Å²) in [5.74, 6) is 1.10. The van der Waals surface area contributed by atoms with Crippen LogP contribution in [0.5, 0.6) is 0 Å². The number of benzene rings is 3. The summed E-state index contributed by atoms with van der Waals surface area (Å²) in [6.07, 6.45) is 7.27. The molecule has 46 heavy (non-hydrogen) atoms. The van der Waals surface area contributed by atoms with Gasteiger partial charge in [0.25, 0.3) is 0 Å². The minimum absolute atomic E-state index is 0. The Morgan fingerprint density at radius 2 is 0.630 bits per heavy atom. The van der Waals surface area contributed by atoms with Crippen molar-refractivity contribution in [2.75, 3.05) is 0 Å². The fourth-order valence-corrected chi connectivity index (χ4v) is 5.84. The maximum Gasteiger partial charge on any atom is 3.00 e. The second-order valence-electron chi connectivity index (χ2n) is 12.4. The molecular formula is C39H42FeO6+3. The number of hydrogen-bond acceptors (Lipinski definition) is 6. The molecule has 3 N–H and O–H groups in total. The predicted octanol–water partition coefficient (Wildman–Crippen LogP) is 8.65. The summed E-state index contributed by atoms with van der Waals surface area (Å²) in [4.78, 5) is 33.9. The van der Waals surface area contributed by atoms with Gasteiger partial charge in [-0.05, 0) is 55.2 Å². The summed E-state index contributed by atoms with van der Waals surface area (Å²) in [6, 6.07) is 24.4. The topological polar surface area (TPSA) is 112 Å². The Labute approximate surface area is 282 Å². The van der Waals surface area contributed by atoms with Crippen LogP contribution in [0.4, 0.5) is 0 Å². The van der Waals surface area contributed by atoms with Crippen molar-refractivity contribution in [3.8, 4) is 0 Å². The standard InChI is InChI=1S/3C13H14O2.Fe/c3*1-9-2-4-10(5-3-9)11-6-12(14)8-13(15)7-11;/h3*2-5,8,11,14H,6-7H2,1H3;/q;;;+3. The van der Waals surface area contributed by atoms with Crippen LogP contribution in [0.25, 0.3) is 0 Å². The molecule has 0 heterocycles. The summed E-state index contributed by atoms with van der Waals surface area (Å²) in [6.45, 7) is 6.10. The minimum Gasteiger partial charge on any atom is -0.512 e. The van der Waals surface area contributed by atoms with E-state index < -0.39 is 0 Å². The Morgan fingerprint density at radius 3 is 0.826 bits per heavy atom. The van der Waals surface area contributed by atoms with E-state index in [9.17, 15) is 29.7 Å². The van der Waals surface area contributed by atoms with Crippen molar-refractivity contribution in [2.24, 2.45) is 0 Å². The molecule has 3 atom stereocenters. The van der Waals surface area contributed by atoms with E-state index in [0.29, 0.717) is 38.5 Å². The van der Waals surface area contributed by atoms with Crippen molar-refractivity contribution in [2.45, 2.75) is 77.0 Å². The third-order valence-electron chi connectivity index (χ3n) is 8.34. The van der Waals surface area contributed by atoms with E-state index in [4.69, 9.17) is 0 Å². The molecule has 1 radical (unpaired) electrons. The molecule has 0 saturated carbocycles. The van der Waals surface area contributed by atoms with Crippen LogP contribution in [0.3, 0.4) is 0 Å². The number of ketones is 3. The number of aliphatic hydroxyl groups excluding tert-OH is 3. The average molecular weight is 663 g/mol. The number of hydrogen-bond donors (Lipinski definition) is 3. The number of aliphatic hydroxyl groups is 3. The summed E-state index contributed by atoms with van der Waals surface area (Å²) in [5, 5.41) is 28.2. The van der Waals surface area contributed by atoms with E-state index in [-0.39, 0.29) is 69.4 Å². The molecule has 0 aromatic heterocycles. The van der Waals surface area contributed by atoms with Gasteiger partial charge in [0.05, 0.1) is 17.3 Å². The number of allylic oxidation sites excluding steroid dienone is 6. The zero-order valence-corrected chi connectivity index (χ0v) is 27.7. The first-order valence-corrected chi connectivity index (χ1v) is 15.4. The summed E-state index contributed by atoms with van der Waals surface area (Å²) in [5.41, 5.74) is 7.03. The van der Waals surface area contributed by atoms with Crippen LogP contribution in [0.2, 0.25) is 0 Å². The van der Waals surface area contributed by atoms with E-state index in [2.05, 4.69) is 0 Å². The quantitative estimate of drug-likeness (QED) is 0.242. The van der Waals surface area contributed by atoms with Crippen molar-refractivity contribution in [1.29, 1.82) is 0 Å². The van der Waals surface area contributed by atoms with Crippen molar-refractivity contribution in [3.63, 3.8) is 0 Å². The number of rotatable bonds is 3. The van der Waals surface area contributed by atoms with Crippen molar-refractivity contribution < 1.29 is 46.8 Å². The fourth-order valence-electron chi connectivity index (χ4n) is 5.84. The Balaban J connectivity index is 0.000000186. The maximum absolute atomic E-state index is 11.3. The van der Waals surface area contributed by atoms with E-state index in [1.807, 2.05) is 93.6 Å². The molecule has 3 aliphatic carbocycles. The van der Waals surface area contributed by atoms with Crippen LogP contribution in [0.15, 0.2) is 108 Å². The second kappa shape index (κ2) is 16.9. The van der Waals surface area contributed by atoms with Gasteiger partial charge in [-0.25, -0.2) is 0 Å². The first-order valence-electron chi connectivity index (χ1n) is 15.4. The van der Waals surface area contributed by atoms with Gasteiger partial charge in [0.15, 0.2) is 17.3 Å². The first-order chi connectivity index (χ1) is 21.4. The molecule has 3 aromatic carbocycles. The van der Waals surface area contributed by atoms with Crippen molar-refractivity contribution in [3.05, 3.63) is 142 Å². The van der Waals surface area contributed by atoms with Crippen molar-refractivity contribution in [1.82, 2.24) is 0 Å². The first kappa shape index (κ1) is 36.3. The molecular weight excluding hydrogens is 620 g/mol. The number of carbonyl (C=O) groups excluding carboxylic acids is 3. The van der Waals surface area contributed by atoms with Gasteiger partial charge in [0.1, 0.15) is 0 Å². The Bertz CT molecular complexity index is 1400. The Hall–Kier alpha value is -4.19. The Morgan fingerprint density at radius 1 is 0.413 bits per heavy atom. The zero-order valence-electron chi connectivity index (χ0n) is 26.6. The van der Waals surface area contributed by atoms with E-state index in [0.717, 1.165) is 16.7 Å². The third kappa shape index (κ3) is 11.0. The monoisotopic (exact) mass is 662 g/mol. The number of carbonyl (C=O) groups is 3. The molecule has 3 aliphatic rings. The van der Waals surface area contributed by atoms with Crippen LogP contribution in [0, 0.1) is 20.8 Å². The normalized spacial score (nSPS) is 20.8. The van der Waals surface area contributed by atoms with Gasteiger partial charge in [-0.3, -0.25) is 14.4 Å². The minimum atomic E-state index is 0. The van der Waals surface area contributed by atoms with E-state index >= 15 is 0 Å². The summed E-state index contributed by atoms with van der Waals surface area (Å²) < 4.78 is 0. The zero-order chi connectivity index (χ0) is 32.5. The molecule has 0 amide bonds. The van der Waals surface area contributed by atoms with Gasteiger partial charge in [-0.15, -0.1) is 0 Å². The smallest absolute Gasteiger partial charge is 0.512 e. The van der Waals surface area contributed by atoms with Crippen LogP contribution in [0.1, 0.15) is 89.7 Å². The number of aryl methyl sites for hydroxylation is 3. The average Bonchev–Trinajstić information content (AvgIpc) is 2.97. The van der Waals surface area contributed by atoms with E-state index in [1.165, 1.54) is 34.9 Å². The molecule has 7 heteroatoms. The predicted molar refractivity (Wildman–Crippen MR) is 177 cm³/mol. The van der Waals surface area contributed by atoms with Crippen LogP contribution in [-0.4, -0.2) is 32.7 Å². The summed E-state index contributed by atoms with van der Waals surface area (Å²) in [7, 11) is 0. The van der Waals surface area contributed by atoms with Gasteiger partial charge in [0.2, 0.25) is 0 Å². The van der Waals surface area contributed by atoms with Crippen LogP contribution >= 0.6 is 0 Å². The third-order valence-corrected chi connectivity index (χ3v) is 8.34. The molecule has 0 fully saturated rings.